The van der Waals surface area contributed by atoms with Crippen LogP contribution in [0.25, 0.3) is 5.03 Å². The van der Waals surface area contributed by atoms with Gasteiger partial charge in [0.2, 0.25) is 0 Å². The second-order valence-corrected chi connectivity index (χ2v) is 4.04. The van der Waals surface area contributed by atoms with Crippen LogP contribution < -0.4 is 0 Å². The zero-order chi connectivity index (χ0) is 10.6. The average molecular weight is 224 g/mol. The van der Waals surface area contributed by atoms with E-state index >= 15 is 0 Å². The predicted molar refractivity (Wildman–Crippen MR) is 62.3 cm³/mol. The highest BCUT2D eigenvalue weighted by atomic mass is 35.5. The standard InChI is InChI=1S/C11H10ClNS/c1-8(7-13)11(12)9-3-5-10(14-2)6-4-9/h3-6H,1-2H3/b11-8+. The Morgan fingerprint density at radius 1 is 1.36 bits per heavy atom. The Bertz CT molecular complexity index is 387. The first-order valence-electron chi connectivity index (χ1n) is 4.10. The molecule has 1 aromatic rings. The van der Waals surface area contributed by atoms with Crippen LogP contribution in [0.4, 0.5) is 0 Å². The smallest absolute Gasteiger partial charge is 0.0959 e. The molecule has 0 heterocycles. The zero-order valence-corrected chi connectivity index (χ0v) is 9.62. The van der Waals surface area contributed by atoms with Crippen LogP contribution in [0.3, 0.4) is 0 Å². The largest absolute Gasteiger partial charge is 0.193 e. The number of nitriles is 1. The molecule has 0 spiro atoms. The summed E-state index contributed by atoms with van der Waals surface area (Å²) in [6, 6.07) is 9.87. The molecular weight excluding hydrogens is 214 g/mol. The van der Waals surface area contributed by atoms with Gasteiger partial charge in [-0.1, -0.05) is 23.7 Å². The summed E-state index contributed by atoms with van der Waals surface area (Å²) in [6.45, 7) is 1.71. The van der Waals surface area contributed by atoms with Crippen molar-refractivity contribution in [3.05, 3.63) is 35.4 Å². The van der Waals surface area contributed by atoms with Crippen molar-refractivity contribution in [3.8, 4) is 6.07 Å². The van der Waals surface area contributed by atoms with Crippen LogP contribution in [-0.2, 0) is 0 Å². The summed E-state index contributed by atoms with van der Waals surface area (Å²) in [5.41, 5.74) is 1.44. The van der Waals surface area contributed by atoms with Gasteiger partial charge < -0.3 is 0 Å². The fourth-order valence-electron chi connectivity index (χ4n) is 1.00. The lowest BCUT2D eigenvalue weighted by Crippen LogP contribution is -1.80. The lowest BCUT2D eigenvalue weighted by Gasteiger charge is -2.01. The molecule has 1 aromatic carbocycles. The summed E-state index contributed by atoms with van der Waals surface area (Å²) in [7, 11) is 0. The van der Waals surface area contributed by atoms with E-state index in [1.165, 1.54) is 4.90 Å². The third-order valence-corrected chi connectivity index (χ3v) is 3.09. The summed E-state index contributed by atoms with van der Waals surface area (Å²) in [4.78, 5) is 1.19. The third kappa shape index (κ3) is 2.54. The minimum atomic E-state index is 0.528. The van der Waals surface area contributed by atoms with Gasteiger partial charge in [-0.05, 0) is 30.9 Å². The van der Waals surface area contributed by atoms with Gasteiger partial charge in [-0.15, -0.1) is 11.8 Å². The summed E-state index contributed by atoms with van der Waals surface area (Å²) in [6.07, 6.45) is 2.02. The second-order valence-electron chi connectivity index (χ2n) is 2.78. The van der Waals surface area contributed by atoms with E-state index in [2.05, 4.69) is 0 Å². The van der Waals surface area contributed by atoms with Crippen molar-refractivity contribution in [2.75, 3.05) is 6.26 Å². The monoisotopic (exact) mass is 223 g/mol. The molecule has 0 unspecified atom stereocenters. The molecule has 0 aromatic heterocycles. The predicted octanol–water partition coefficient (Wildman–Crippen LogP) is 3.90. The number of allylic oxidation sites excluding steroid dienone is 1. The van der Waals surface area contributed by atoms with E-state index < -0.39 is 0 Å². The van der Waals surface area contributed by atoms with E-state index in [4.69, 9.17) is 16.9 Å². The third-order valence-electron chi connectivity index (χ3n) is 1.84. The molecule has 0 saturated heterocycles. The number of hydrogen-bond donors (Lipinski definition) is 0. The van der Waals surface area contributed by atoms with Crippen LogP contribution >= 0.6 is 23.4 Å². The van der Waals surface area contributed by atoms with Crippen molar-refractivity contribution < 1.29 is 0 Å². The molecule has 3 heteroatoms. The van der Waals surface area contributed by atoms with Gasteiger partial charge in [0, 0.05) is 10.5 Å². The molecule has 0 N–H and O–H groups in total. The molecular formula is C11H10ClNS. The Hall–Kier alpha value is -0.910. The van der Waals surface area contributed by atoms with Gasteiger partial charge in [0.15, 0.2) is 0 Å². The molecule has 0 bridgehead atoms. The maximum Gasteiger partial charge on any atom is 0.0959 e. The van der Waals surface area contributed by atoms with Crippen LogP contribution in [0, 0.1) is 11.3 Å². The highest BCUT2D eigenvalue weighted by molar-refractivity contribution is 7.98. The van der Waals surface area contributed by atoms with Crippen molar-refractivity contribution in [2.45, 2.75) is 11.8 Å². The van der Waals surface area contributed by atoms with Gasteiger partial charge in [0.25, 0.3) is 0 Å². The van der Waals surface area contributed by atoms with Gasteiger partial charge in [0.05, 0.1) is 11.1 Å². The summed E-state index contributed by atoms with van der Waals surface area (Å²) >= 11 is 7.68. The molecule has 0 aliphatic heterocycles. The first-order chi connectivity index (χ1) is 6.69. The quantitative estimate of drug-likeness (QED) is 0.561. The highest BCUT2D eigenvalue weighted by Gasteiger charge is 2.02. The van der Waals surface area contributed by atoms with Crippen LogP contribution in [0.5, 0.6) is 0 Å². The first-order valence-corrected chi connectivity index (χ1v) is 5.70. The molecule has 0 fully saturated rings. The number of rotatable bonds is 2. The molecule has 0 saturated carbocycles. The van der Waals surface area contributed by atoms with Gasteiger partial charge in [-0.3, -0.25) is 0 Å². The maximum absolute atomic E-state index is 8.67. The average Bonchev–Trinajstić information content (AvgIpc) is 2.27. The summed E-state index contributed by atoms with van der Waals surface area (Å²) in [5, 5.41) is 9.20. The normalized spacial score (nSPS) is 11.9. The number of benzene rings is 1. The summed E-state index contributed by atoms with van der Waals surface area (Å²) < 4.78 is 0. The van der Waals surface area contributed by atoms with Crippen molar-refractivity contribution in [1.29, 1.82) is 5.26 Å². The van der Waals surface area contributed by atoms with Crippen LogP contribution in [0.2, 0.25) is 0 Å². The van der Waals surface area contributed by atoms with Crippen LogP contribution in [0.1, 0.15) is 12.5 Å². The highest BCUT2D eigenvalue weighted by Crippen LogP contribution is 2.24. The maximum atomic E-state index is 8.67. The number of halogens is 1. The van der Waals surface area contributed by atoms with Gasteiger partial charge in [-0.2, -0.15) is 5.26 Å². The van der Waals surface area contributed by atoms with E-state index in [1.807, 2.05) is 36.6 Å². The van der Waals surface area contributed by atoms with E-state index in [9.17, 15) is 0 Å². The molecule has 0 aliphatic rings. The Kier molecular flexibility index (Phi) is 4.06. The lowest BCUT2D eigenvalue weighted by atomic mass is 10.1. The molecule has 1 rings (SSSR count). The molecule has 72 valence electrons. The van der Waals surface area contributed by atoms with Gasteiger partial charge >= 0.3 is 0 Å². The SMILES string of the molecule is CSc1ccc(/C(Cl)=C(/C)C#N)cc1. The van der Waals surface area contributed by atoms with Crippen LogP contribution in [0.15, 0.2) is 34.7 Å². The molecule has 0 radical (unpaired) electrons. The molecule has 0 aliphatic carbocycles. The Morgan fingerprint density at radius 2 is 1.93 bits per heavy atom. The van der Waals surface area contributed by atoms with Crippen molar-refractivity contribution >= 4 is 28.4 Å². The number of thioether (sulfide) groups is 1. The van der Waals surface area contributed by atoms with Gasteiger partial charge in [0.1, 0.15) is 0 Å². The van der Waals surface area contributed by atoms with Crippen molar-refractivity contribution in [1.82, 2.24) is 0 Å². The zero-order valence-electron chi connectivity index (χ0n) is 8.04. The van der Waals surface area contributed by atoms with Crippen molar-refractivity contribution in [2.24, 2.45) is 0 Å². The fourth-order valence-corrected chi connectivity index (χ4v) is 1.58. The summed E-state index contributed by atoms with van der Waals surface area (Å²) in [5.74, 6) is 0. The van der Waals surface area contributed by atoms with E-state index in [-0.39, 0.29) is 0 Å². The molecule has 14 heavy (non-hydrogen) atoms. The molecule has 0 amide bonds. The Balaban J connectivity index is 3.05. The molecule has 1 nitrogen and oxygen atoms in total. The minimum Gasteiger partial charge on any atom is -0.193 e. The second kappa shape index (κ2) is 5.09. The fraction of sp³-hybridized carbons (Fsp3) is 0.182. The Morgan fingerprint density at radius 3 is 2.36 bits per heavy atom. The topological polar surface area (TPSA) is 23.8 Å². The number of hydrogen-bond acceptors (Lipinski definition) is 2. The lowest BCUT2D eigenvalue weighted by molar-refractivity contribution is 1.42. The van der Waals surface area contributed by atoms with Crippen molar-refractivity contribution in [3.63, 3.8) is 0 Å². The number of nitrogens with zero attached hydrogens (tertiary/aromatic N) is 1. The van der Waals surface area contributed by atoms with E-state index in [0.29, 0.717) is 10.6 Å². The van der Waals surface area contributed by atoms with Gasteiger partial charge in [-0.25, -0.2) is 0 Å². The first kappa shape index (κ1) is 11.2. The molecule has 0 atom stereocenters. The van der Waals surface area contributed by atoms with Crippen LogP contribution in [-0.4, -0.2) is 6.26 Å². The minimum absolute atomic E-state index is 0.528. The van der Waals surface area contributed by atoms with E-state index in [1.54, 1.807) is 18.7 Å². The van der Waals surface area contributed by atoms with E-state index in [0.717, 1.165) is 5.56 Å². The Labute approximate surface area is 93.4 Å².